The zero-order valence-electron chi connectivity index (χ0n) is 15.2. The Morgan fingerprint density at radius 1 is 1.00 bits per heavy atom. The third-order valence-electron chi connectivity index (χ3n) is 2.28. The molecule has 1 rings (SSSR count). The summed E-state index contributed by atoms with van der Waals surface area (Å²) in [4.78, 5) is 22.6. The second-order valence-corrected chi connectivity index (χ2v) is 4.88. The van der Waals surface area contributed by atoms with Gasteiger partial charge in [-0.2, -0.15) is 0 Å². The van der Waals surface area contributed by atoms with Gasteiger partial charge in [0, 0.05) is 5.69 Å². The van der Waals surface area contributed by atoms with E-state index in [0.717, 1.165) is 5.69 Å². The van der Waals surface area contributed by atoms with Crippen molar-refractivity contribution in [2.24, 2.45) is 11.7 Å². The fraction of sp³-hybridized carbons (Fsp3) is 0.154. The van der Waals surface area contributed by atoms with Crippen LogP contribution in [0.5, 0.6) is 0 Å². The van der Waals surface area contributed by atoms with Crippen molar-refractivity contribution < 1.29 is 37.3 Å². The van der Waals surface area contributed by atoms with Crippen molar-refractivity contribution in [2.45, 2.75) is 0 Å². The molecule has 0 heterocycles. The van der Waals surface area contributed by atoms with Crippen molar-refractivity contribution in [2.75, 3.05) is 18.4 Å². The molecular formula is C13H21CoN9O4S3. The maximum absolute atomic E-state index is 11.3. The summed E-state index contributed by atoms with van der Waals surface area (Å²) in [5.74, 6) is 9.04. The second-order valence-electron chi connectivity index (χ2n) is 4.11. The second kappa shape index (κ2) is 26.6. The molecule has 2 amide bonds. The number of anilines is 1. The minimum absolute atomic E-state index is 0. The van der Waals surface area contributed by atoms with Gasteiger partial charge in [0.1, 0.15) is 0 Å². The SMILES string of the molecule is N#C[S-].N#C[S-].NNC(=O)CN(CC(=O)NN)NC(=S)Nc1ccccc1.O.O.[Co+2]. The molecule has 1 radical (unpaired) electrons. The van der Waals surface area contributed by atoms with Crippen LogP contribution >= 0.6 is 12.2 Å². The number of nitrogens with zero attached hydrogens (tertiary/aromatic N) is 3. The molecule has 0 saturated heterocycles. The number of para-hydroxylation sites is 1. The van der Waals surface area contributed by atoms with Crippen LogP contribution in [0.4, 0.5) is 5.69 Å². The number of carbonyl (C=O) groups excluding carboxylic acids is 2. The van der Waals surface area contributed by atoms with E-state index in [1.165, 1.54) is 15.8 Å². The number of nitrogens with one attached hydrogen (secondary N) is 4. The van der Waals surface area contributed by atoms with Crippen molar-refractivity contribution in [1.82, 2.24) is 21.3 Å². The van der Waals surface area contributed by atoms with Crippen LogP contribution in [0.15, 0.2) is 30.3 Å². The van der Waals surface area contributed by atoms with Crippen LogP contribution in [-0.4, -0.2) is 46.0 Å². The summed E-state index contributed by atoms with van der Waals surface area (Å²) >= 11 is 12.5. The summed E-state index contributed by atoms with van der Waals surface area (Å²) in [6.45, 7) is -0.360. The number of carbonyl (C=O) groups is 2. The van der Waals surface area contributed by atoms with Crippen LogP contribution in [0.2, 0.25) is 0 Å². The molecule has 17 heteroatoms. The molecule has 30 heavy (non-hydrogen) atoms. The Labute approximate surface area is 200 Å². The molecule has 0 bridgehead atoms. The van der Waals surface area contributed by atoms with Crippen molar-refractivity contribution in [3.63, 3.8) is 0 Å². The van der Waals surface area contributed by atoms with Crippen molar-refractivity contribution in [1.29, 1.82) is 10.5 Å². The predicted molar refractivity (Wildman–Crippen MR) is 115 cm³/mol. The van der Waals surface area contributed by atoms with Gasteiger partial charge in [-0.3, -0.25) is 25.9 Å². The van der Waals surface area contributed by atoms with Gasteiger partial charge in [-0.05, 0) is 24.4 Å². The van der Waals surface area contributed by atoms with Crippen LogP contribution in [0.25, 0.3) is 0 Å². The molecule has 0 atom stereocenters. The average molecular weight is 523 g/mol. The van der Waals surface area contributed by atoms with Crippen molar-refractivity contribution in [3.8, 4) is 10.8 Å². The minimum Gasteiger partial charge on any atom is -0.696 e. The fourth-order valence-corrected chi connectivity index (χ4v) is 1.64. The molecule has 12 N–H and O–H groups in total. The molecule has 0 unspecified atom stereocenters. The van der Waals surface area contributed by atoms with Crippen LogP contribution in [-0.2, 0) is 51.6 Å². The summed E-state index contributed by atoms with van der Waals surface area (Å²) < 4.78 is 0. The molecule has 0 aliphatic carbocycles. The molecule has 0 aromatic heterocycles. The van der Waals surface area contributed by atoms with Crippen molar-refractivity contribution in [3.05, 3.63) is 30.3 Å². The molecule has 1 aromatic carbocycles. The predicted octanol–water partition coefficient (Wildman–Crippen LogP) is -3.45. The van der Waals surface area contributed by atoms with Crippen LogP contribution < -0.4 is 33.3 Å². The topological polar surface area (TPSA) is 248 Å². The Morgan fingerprint density at radius 2 is 1.37 bits per heavy atom. The number of hydrogen-bond acceptors (Lipinski definition) is 10. The third-order valence-corrected chi connectivity index (χ3v) is 2.48. The van der Waals surface area contributed by atoms with Gasteiger partial charge < -0.3 is 41.5 Å². The molecule has 0 aliphatic heterocycles. The first kappa shape index (κ1) is 38.2. The van der Waals surface area contributed by atoms with Gasteiger partial charge in [0.25, 0.3) is 0 Å². The van der Waals surface area contributed by atoms with Crippen molar-refractivity contribution >= 4 is 60.1 Å². The number of thiocyanates is 2. The zero-order valence-corrected chi connectivity index (χ0v) is 18.7. The molecule has 0 spiro atoms. The maximum atomic E-state index is 11.3. The monoisotopic (exact) mass is 522 g/mol. The Bertz CT molecular complexity index is 644. The molecule has 1 aromatic rings. The summed E-state index contributed by atoms with van der Waals surface area (Å²) in [7, 11) is 0. The number of nitrogens with two attached hydrogens (primary N) is 2. The number of hydrazine groups is 3. The molecular weight excluding hydrogens is 501 g/mol. The summed E-state index contributed by atoms with van der Waals surface area (Å²) in [5.41, 5.74) is 7.41. The standard InChI is InChI=1S/C11H17N7O2S.2CHNS.Co.2H2O/c12-15-9(19)6-18(7-10(20)16-13)17-11(21)14-8-4-2-1-3-5-8;2*2-1-3;;;/h1-5H,6-7,12-13H2,(H,15,19)(H,16,20)(H2,14,17,21);2*3H;;2*1H2/q;;;+2;;/p-2. The summed E-state index contributed by atoms with van der Waals surface area (Å²) in [6.07, 6.45) is 0. The van der Waals surface area contributed by atoms with Crippen LogP contribution in [0.3, 0.4) is 0 Å². The quantitative estimate of drug-likeness (QED) is 0.0533. The van der Waals surface area contributed by atoms with Gasteiger partial charge in [-0.25, -0.2) is 27.2 Å². The third kappa shape index (κ3) is 23.6. The van der Waals surface area contributed by atoms with Gasteiger partial charge >= 0.3 is 16.8 Å². The van der Waals surface area contributed by atoms with Crippen LogP contribution in [0, 0.1) is 21.3 Å². The molecule has 0 saturated carbocycles. The zero-order chi connectivity index (χ0) is 21.1. The van der Waals surface area contributed by atoms with Gasteiger partial charge in [-0.1, -0.05) is 29.0 Å². The first-order chi connectivity index (χ1) is 12.9. The Morgan fingerprint density at radius 3 is 1.70 bits per heavy atom. The van der Waals surface area contributed by atoms with Gasteiger partial charge in [-0.15, -0.1) is 0 Å². The number of thiocarbonyl (C=S) groups is 1. The number of benzene rings is 1. The molecule has 169 valence electrons. The first-order valence-electron chi connectivity index (χ1n) is 6.77. The largest absolute Gasteiger partial charge is 2.00 e. The Balaban J connectivity index is -0.000000207. The Kier molecular flexibility index (Phi) is 33.9. The number of nitriles is 2. The smallest absolute Gasteiger partial charge is 0.696 e. The van der Waals surface area contributed by atoms with E-state index in [9.17, 15) is 9.59 Å². The number of rotatable bonds is 6. The molecule has 13 nitrogen and oxygen atoms in total. The van der Waals surface area contributed by atoms with E-state index in [0.29, 0.717) is 0 Å². The van der Waals surface area contributed by atoms with Crippen LogP contribution in [0.1, 0.15) is 0 Å². The summed E-state index contributed by atoms with van der Waals surface area (Å²) in [6, 6.07) is 9.18. The molecule has 0 aliphatic rings. The fourth-order valence-electron chi connectivity index (χ4n) is 1.40. The van der Waals surface area contributed by atoms with Gasteiger partial charge in [0.05, 0.1) is 13.1 Å². The van der Waals surface area contributed by atoms with E-state index in [1.807, 2.05) is 41.2 Å². The number of amides is 2. The minimum atomic E-state index is -0.491. The average Bonchev–Trinajstić information content (AvgIpc) is 2.63. The number of hydrogen-bond donors (Lipinski definition) is 6. The van der Waals surface area contributed by atoms with E-state index < -0.39 is 11.8 Å². The van der Waals surface area contributed by atoms with E-state index in [4.69, 9.17) is 34.4 Å². The van der Waals surface area contributed by atoms with Gasteiger partial charge in [0.15, 0.2) is 5.11 Å². The van der Waals surface area contributed by atoms with E-state index >= 15 is 0 Å². The maximum Gasteiger partial charge on any atom is 2.00 e. The first-order valence-corrected chi connectivity index (χ1v) is 7.99. The molecule has 0 fully saturated rings. The van der Waals surface area contributed by atoms with E-state index in [-0.39, 0.29) is 45.9 Å². The van der Waals surface area contributed by atoms with E-state index in [1.54, 1.807) is 0 Å². The van der Waals surface area contributed by atoms with Gasteiger partial charge in [0.2, 0.25) is 11.8 Å². The Hall–Kier alpha value is -2.42. The normalized spacial score (nSPS) is 7.37. The summed E-state index contributed by atoms with van der Waals surface area (Å²) in [5, 5.41) is 21.3. The van der Waals surface area contributed by atoms with E-state index in [2.05, 4.69) is 36.0 Å².